The van der Waals surface area contributed by atoms with Crippen LogP contribution in [0.1, 0.15) is 28.4 Å². The summed E-state index contributed by atoms with van der Waals surface area (Å²) < 4.78 is 5.27. The van der Waals surface area contributed by atoms with Crippen molar-refractivity contribution in [2.45, 2.75) is 20.8 Å². The number of benzene rings is 2. The lowest BCUT2D eigenvalue weighted by molar-refractivity contribution is 0.101. The van der Waals surface area contributed by atoms with Gasteiger partial charge in [0.15, 0.2) is 5.78 Å². The maximum absolute atomic E-state index is 11.4. The maximum atomic E-state index is 11.4. The molecule has 0 heterocycles. The Kier molecular flexibility index (Phi) is 3.70. The van der Waals surface area contributed by atoms with Crippen molar-refractivity contribution in [2.75, 3.05) is 7.11 Å². The fraction of sp³-hybridized carbons (Fsp3) is 0.235. The van der Waals surface area contributed by atoms with E-state index in [4.69, 9.17) is 4.74 Å². The quantitative estimate of drug-likeness (QED) is 0.768. The van der Waals surface area contributed by atoms with Gasteiger partial charge in [0.05, 0.1) is 7.11 Å². The molecule has 0 bridgehead atoms. The number of methoxy groups -OCH3 is 1. The summed E-state index contributed by atoms with van der Waals surface area (Å²) in [5, 5.41) is 0. The molecule has 2 aromatic rings. The topological polar surface area (TPSA) is 26.3 Å². The largest absolute Gasteiger partial charge is 0.496 e. The normalized spacial score (nSPS) is 10.3. The van der Waals surface area contributed by atoms with E-state index < -0.39 is 0 Å². The zero-order chi connectivity index (χ0) is 14.0. The molecule has 0 radical (unpaired) electrons. The number of carbonyl (C=O) groups is 1. The molecule has 2 aromatic carbocycles. The van der Waals surface area contributed by atoms with E-state index in [0.717, 1.165) is 33.6 Å². The Labute approximate surface area is 114 Å². The first-order valence-corrected chi connectivity index (χ1v) is 6.29. The fourth-order valence-corrected chi connectivity index (χ4v) is 2.30. The predicted octanol–water partition coefficient (Wildman–Crippen LogP) is 4.18. The van der Waals surface area contributed by atoms with Crippen molar-refractivity contribution in [2.24, 2.45) is 0 Å². The molecule has 0 saturated heterocycles. The van der Waals surface area contributed by atoms with E-state index in [2.05, 4.69) is 12.1 Å². The van der Waals surface area contributed by atoms with Crippen LogP contribution in [0, 0.1) is 13.8 Å². The summed E-state index contributed by atoms with van der Waals surface area (Å²) in [6.07, 6.45) is 0. The number of hydrogen-bond acceptors (Lipinski definition) is 2. The third-order valence-corrected chi connectivity index (χ3v) is 3.33. The molecule has 0 aromatic heterocycles. The highest BCUT2D eigenvalue weighted by Gasteiger charge is 2.07. The SMILES string of the molecule is COc1ccc(-c2ccc(C(C)=O)c(C)c2)cc1C. The lowest BCUT2D eigenvalue weighted by Crippen LogP contribution is -1.96. The van der Waals surface area contributed by atoms with Crippen LogP contribution in [-0.4, -0.2) is 12.9 Å². The molecule has 0 aliphatic carbocycles. The molecule has 2 heteroatoms. The van der Waals surface area contributed by atoms with Crippen molar-refractivity contribution in [1.29, 1.82) is 0 Å². The summed E-state index contributed by atoms with van der Waals surface area (Å²) >= 11 is 0. The second-order valence-corrected chi connectivity index (χ2v) is 4.77. The number of aryl methyl sites for hydroxylation is 2. The van der Waals surface area contributed by atoms with Crippen molar-refractivity contribution in [3.05, 3.63) is 53.1 Å². The molecule has 98 valence electrons. The Morgan fingerprint density at radius 3 is 2.00 bits per heavy atom. The summed E-state index contributed by atoms with van der Waals surface area (Å²) in [4.78, 5) is 11.4. The minimum atomic E-state index is 0.106. The van der Waals surface area contributed by atoms with Gasteiger partial charge in [-0.05, 0) is 55.2 Å². The van der Waals surface area contributed by atoms with Crippen molar-refractivity contribution in [3.63, 3.8) is 0 Å². The molecule has 19 heavy (non-hydrogen) atoms. The smallest absolute Gasteiger partial charge is 0.160 e. The second-order valence-electron chi connectivity index (χ2n) is 4.77. The van der Waals surface area contributed by atoms with Crippen LogP contribution in [0.15, 0.2) is 36.4 Å². The molecule has 2 rings (SSSR count). The molecular weight excluding hydrogens is 236 g/mol. The number of ketones is 1. The first-order valence-electron chi connectivity index (χ1n) is 6.29. The Hall–Kier alpha value is -2.09. The Morgan fingerprint density at radius 1 is 0.947 bits per heavy atom. The number of ether oxygens (including phenoxy) is 1. The van der Waals surface area contributed by atoms with E-state index in [1.165, 1.54) is 0 Å². The summed E-state index contributed by atoms with van der Waals surface area (Å²) in [6.45, 7) is 5.59. The number of rotatable bonds is 3. The molecule has 0 N–H and O–H groups in total. The lowest BCUT2D eigenvalue weighted by atomic mass is 9.97. The third kappa shape index (κ3) is 2.68. The van der Waals surface area contributed by atoms with Gasteiger partial charge in [-0.25, -0.2) is 0 Å². The highest BCUT2D eigenvalue weighted by Crippen LogP contribution is 2.27. The number of carbonyl (C=O) groups excluding carboxylic acids is 1. The number of hydrogen-bond donors (Lipinski definition) is 0. The van der Waals surface area contributed by atoms with Gasteiger partial charge in [0, 0.05) is 5.56 Å². The van der Waals surface area contributed by atoms with Gasteiger partial charge in [0.25, 0.3) is 0 Å². The molecule has 0 spiro atoms. The second kappa shape index (κ2) is 5.27. The van der Waals surface area contributed by atoms with Gasteiger partial charge in [-0.2, -0.15) is 0 Å². The molecule has 0 aliphatic heterocycles. The highest BCUT2D eigenvalue weighted by molar-refractivity contribution is 5.96. The fourth-order valence-electron chi connectivity index (χ4n) is 2.30. The molecule has 0 fully saturated rings. The molecule has 0 atom stereocenters. The van der Waals surface area contributed by atoms with Crippen molar-refractivity contribution in [1.82, 2.24) is 0 Å². The van der Waals surface area contributed by atoms with Gasteiger partial charge in [0.2, 0.25) is 0 Å². The van der Waals surface area contributed by atoms with Crippen molar-refractivity contribution >= 4 is 5.78 Å². The molecule has 0 saturated carbocycles. The third-order valence-electron chi connectivity index (χ3n) is 3.33. The Morgan fingerprint density at radius 2 is 1.53 bits per heavy atom. The summed E-state index contributed by atoms with van der Waals surface area (Å²) in [5.74, 6) is 0.996. The minimum Gasteiger partial charge on any atom is -0.496 e. The first kappa shape index (κ1) is 13.3. The van der Waals surface area contributed by atoms with Crippen LogP contribution < -0.4 is 4.74 Å². The van der Waals surface area contributed by atoms with Crippen LogP contribution in [0.3, 0.4) is 0 Å². The summed E-state index contributed by atoms with van der Waals surface area (Å²) in [6, 6.07) is 12.0. The van der Waals surface area contributed by atoms with Gasteiger partial charge >= 0.3 is 0 Å². The first-order chi connectivity index (χ1) is 9.02. The van der Waals surface area contributed by atoms with Gasteiger partial charge < -0.3 is 4.74 Å². The van der Waals surface area contributed by atoms with Crippen LogP contribution in [0.4, 0.5) is 0 Å². The average molecular weight is 254 g/mol. The Bertz CT molecular complexity index is 627. The van der Waals surface area contributed by atoms with Gasteiger partial charge in [-0.15, -0.1) is 0 Å². The van der Waals surface area contributed by atoms with Crippen molar-refractivity contribution < 1.29 is 9.53 Å². The van der Waals surface area contributed by atoms with Crippen LogP contribution in [0.25, 0.3) is 11.1 Å². The van der Waals surface area contributed by atoms with Crippen LogP contribution in [-0.2, 0) is 0 Å². The predicted molar refractivity (Wildman–Crippen MR) is 77.9 cm³/mol. The molecule has 0 aliphatic rings. The van der Waals surface area contributed by atoms with Crippen LogP contribution in [0.5, 0.6) is 5.75 Å². The summed E-state index contributed by atoms with van der Waals surface area (Å²) in [5.41, 5.74) is 5.16. The van der Waals surface area contributed by atoms with E-state index in [9.17, 15) is 4.79 Å². The molecule has 0 unspecified atom stereocenters. The van der Waals surface area contributed by atoms with E-state index >= 15 is 0 Å². The minimum absolute atomic E-state index is 0.106. The standard InChI is InChI=1S/C17H18O2/c1-11-9-14(5-7-16(11)13(3)18)15-6-8-17(19-4)12(2)10-15/h5-10H,1-4H3. The lowest BCUT2D eigenvalue weighted by Gasteiger charge is -2.09. The number of Topliss-reactive ketones (excluding diaryl/α,β-unsaturated/α-hetero) is 1. The Balaban J connectivity index is 2.45. The van der Waals surface area contributed by atoms with Crippen LogP contribution in [0.2, 0.25) is 0 Å². The zero-order valence-electron chi connectivity index (χ0n) is 11.8. The average Bonchev–Trinajstić information content (AvgIpc) is 2.38. The van der Waals surface area contributed by atoms with Gasteiger partial charge in [0.1, 0.15) is 5.75 Å². The van der Waals surface area contributed by atoms with E-state index in [1.54, 1.807) is 14.0 Å². The van der Waals surface area contributed by atoms with E-state index in [1.807, 2.05) is 38.1 Å². The summed E-state index contributed by atoms with van der Waals surface area (Å²) in [7, 11) is 1.67. The molecular formula is C17H18O2. The zero-order valence-corrected chi connectivity index (χ0v) is 11.8. The van der Waals surface area contributed by atoms with Crippen molar-refractivity contribution in [3.8, 4) is 16.9 Å². The molecule has 0 amide bonds. The highest BCUT2D eigenvalue weighted by atomic mass is 16.5. The van der Waals surface area contributed by atoms with Crippen LogP contribution >= 0.6 is 0 Å². The monoisotopic (exact) mass is 254 g/mol. The molecule has 2 nitrogen and oxygen atoms in total. The van der Waals surface area contributed by atoms with E-state index in [-0.39, 0.29) is 5.78 Å². The van der Waals surface area contributed by atoms with Gasteiger partial charge in [-0.3, -0.25) is 4.79 Å². The van der Waals surface area contributed by atoms with Gasteiger partial charge in [-0.1, -0.05) is 24.3 Å². The van der Waals surface area contributed by atoms with E-state index in [0.29, 0.717) is 0 Å². The maximum Gasteiger partial charge on any atom is 0.160 e.